The van der Waals surface area contributed by atoms with E-state index in [2.05, 4.69) is 32.0 Å². The van der Waals surface area contributed by atoms with E-state index in [9.17, 15) is 0 Å². The molecule has 0 fully saturated rings. The molecule has 0 saturated heterocycles. The Morgan fingerprint density at radius 1 is 0.647 bits per heavy atom. The summed E-state index contributed by atoms with van der Waals surface area (Å²) in [6.07, 6.45) is 5.25. The number of ether oxygens (including phenoxy) is 1. The molecule has 0 amide bonds. The molecular formula is C28H20N4OPt. The number of methoxy groups -OCH3 is 1. The van der Waals surface area contributed by atoms with Gasteiger partial charge in [0.1, 0.15) is 5.75 Å². The minimum absolute atomic E-state index is 0. The summed E-state index contributed by atoms with van der Waals surface area (Å²) in [5, 5.41) is 0. The molecule has 0 bridgehead atoms. The number of benzene rings is 3. The molecule has 0 N–H and O–H groups in total. The summed E-state index contributed by atoms with van der Waals surface area (Å²) in [5.74, 6) is 1.42. The van der Waals surface area contributed by atoms with Crippen LogP contribution < -0.4 is 9.64 Å². The van der Waals surface area contributed by atoms with Gasteiger partial charge in [0.15, 0.2) is 0 Å². The van der Waals surface area contributed by atoms with Gasteiger partial charge in [-0.25, -0.2) is 0 Å². The average Bonchev–Trinajstić information content (AvgIpc) is 2.91. The molecule has 5 rings (SSSR count). The summed E-state index contributed by atoms with van der Waals surface area (Å²) >= 11 is 0. The molecule has 5 nitrogen and oxygen atoms in total. The largest absolute Gasteiger partial charge is 2.00 e. The first-order valence-electron chi connectivity index (χ1n) is 10.5. The molecule has 0 unspecified atom stereocenters. The maximum atomic E-state index is 5.36. The molecule has 34 heavy (non-hydrogen) atoms. The van der Waals surface area contributed by atoms with Gasteiger partial charge in [0.2, 0.25) is 0 Å². The van der Waals surface area contributed by atoms with Crippen molar-refractivity contribution in [3.8, 4) is 28.4 Å². The van der Waals surface area contributed by atoms with Gasteiger partial charge in [-0.2, -0.15) is 0 Å². The topological polar surface area (TPSA) is 51.1 Å². The summed E-state index contributed by atoms with van der Waals surface area (Å²) in [6.45, 7) is 0. The fraction of sp³-hybridized carbons (Fsp3) is 0.0357. The number of hydrogen-bond donors (Lipinski definition) is 0. The van der Waals surface area contributed by atoms with Gasteiger partial charge in [-0.15, -0.1) is 59.7 Å². The van der Waals surface area contributed by atoms with Gasteiger partial charge in [0.05, 0.1) is 12.9 Å². The van der Waals surface area contributed by atoms with Crippen molar-refractivity contribution in [2.24, 2.45) is 0 Å². The predicted molar refractivity (Wildman–Crippen MR) is 130 cm³/mol. The normalized spacial score (nSPS) is 10.3. The number of rotatable bonds is 6. The van der Waals surface area contributed by atoms with Crippen LogP contribution in [-0.4, -0.2) is 22.1 Å². The smallest absolute Gasteiger partial charge is 0.497 e. The second-order valence-corrected chi connectivity index (χ2v) is 7.22. The van der Waals surface area contributed by atoms with E-state index in [1.807, 2.05) is 78.9 Å². The standard InChI is InChI=1S/C28H20N4O.Pt/c1-33-26-14-12-23(13-15-26)32(24-9-4-7-21(19-24)27-11-2-3-16-29-27)25-10-5-8-22(20-25)28-30-17-6-18-31-28;/h2-18H,1H3;/q-2;+2. The first-order valence-corrected chi connectivity index (χ1v) is 10.5. The van der Waals surface area contributed by atoms with Crippen molar-refractivity contribution >= 4 is 17.1 Å². The Morgan fingerprint density at radius 3 is 1.94 bits per heavy atom. The van der Waals surface area contributed by atoms with Crippen LogP contribution in [0.1, 0.15) is 0 Å². The Hall–Kier alpha value is -3.82. The number of nitrogens with zero attached hydrogens (tertiary/aromatic N) is 4. The van der Waals surface area contributed by atoms with Crippen molar-refractivity contribution in [3.63, 3.8) is 0 Å². The van der Waals surface area contributed by atoms with Crippen LogP contribution >= 0.6 is 0 Å². The molecule has 0 atom stereocenters. The molecule has 3 aromatic carbocycles. The summed E-state index contributed by atoms with van der Waals surface area (Å²) in [7, 11) is 1.66. The van der Waals surface area contributed by atoms with Crippen LogP contribution in [0, 0.1) is 12.1 Å². The Labute approximate surface area is 213 Å². The molecule has 0 radical (unpaired) electrons. The molecule has 2 aromatic heterocycles. The Bertz CT molecular complexity index is 1260. The van der Waals surface area contributed by atoms with Crippen molar-refractivity contribution in [3.05, 3.63) is 116 Å². The second kappa shape index (κ2) is 10.9. The maximum Gasteiger partial charge on any atom is 2.00 e. The molecule has 0 saturated carbocycles. The van der Waals surface area contributed by atoms with Gasteiger partial charge in [0.25, 0.3) is 0 Å². The third-order valence-corrected chi connectivity index (χ3v) is 5.12. The molecule has 0 spiro atoms. The van der Waals surface area contributed by atoms with Gasteiger partial charge in [-0.1, -0.05) is 12.1 Å². The third kappa shape index (κ3) is 5.05. The Kier molecular flexibility index (Phi) is 7.46. The van der Waals surface area contributed by atoms with E-state index >= 15 is 0 Å². The summed E-state index contributed by atoms with van der Waals surface area (Å²) < 4.78 is 5.36. The van der Waals surface area contributed by atoms with E-state index < -0.39 is 0 Å². The summed E-state index contributed by atoms with van der Waals surface area (Å²) in [4.78, 5) is 15.3. The van der Waals surface area contributed by atoms with Crippen LogP contribution in [0.4, 0.5) is 17.1 Å². The van der Waals surface area contributed by atoms with Gasteiger partial charge in [0, 0.05) is 24.3 Å². The van der Waals surface area contributed by atoms with E-state index in [1.165, 1.54) is 0 Å². The molecule has 5 aromatic rings. The third-order valence-electron chi connectivity index (χ3n) is 5.12. The van der Waals surface area contributed by atoms with Crippen LogP contribution in [-0.2, 0) is 21.1 Å². The van der Waals surface area contributed by atoms with E-state index in [0.29, 0.717) is 5.82 Å². The molecule has 168 valence electrons. The van der Waals surface area contributed by atoms with Crippen LogP contribution in [0.25, 0.3) is 22.6 Å². The first-order chi connectivity index (χ1) is 16.3. The number of hydrogen-bond acceptors (Lipinski definition) is 5. The molecule has 0 aliphatic heterocycles. The average molecular weight is 624 g/mol. The molecule has 6 heteroatoms. The van der Waals surface area contributed by atoms with E-state index in [4.69, 9.17) is 4.74 Å². The van der Waals surface area contributed by atoms with Crippen molar-refractivity contribution in [2.45, 2.75) is 0 Å². The zero-order valence-electron chi connectivity index (χ0n) is 18.3. The zero-order valence-corrected chi connectivity index (χ0v) is 20.6. The Morgan fingerprint density at radius 2 is 1.29 bits per heavy atom. The Balaban J connectivity index is 0.00000274. The van der Waals surface area contributed by atoms with Crippen molar-refractivity contribution in [1.29, 1.82) is 0 Å². The SMILES string of the molecule is COc1ccc(N(c2[c-]c(-c3ccccn3)ccc2)c2[c-]c(-c3ncccn3)ccc2)cc1.[Pt+2]. The molecule has 0 aliphatic carbocycles. The van der Waals surface area contributed by atoms with Crippen LogP contribution in [0.15, 0.2) is 104 Å². The van der Waals surface area contributed by atoms with Crippen molar-refractivity contribution in [2.75, 3.05) is 12.0 Å². The van der Waals surface area contributed by atoms with Crippen LogP contribution in [0.2, 0.25) is 0 Å². The number of anilines is 3. The van der Waals surface area contributed by atoms with Gasteiger partial charge >= 0.3 is 21.1 Å². The van der Waals surface area contributed by atoms with E-state index in [-0.39, 0.29) is 21.1 Å². The van der Waals surface area contributed by atoms with Crippen LogP contribution in [0.5, 0.6) is 5.75 Å². The van der Waals surface area contributed by atoms with Crippen molar-refractivity contribution < 1.29 is 25.8 Å². The van der Waals surface area contributed by atoms with Gasteiger partial charge < -0.3 is 14.6 Å². The van der Waals surface area contributed by atoms with E-state index in [0.717, 1.165) is 39.6 Å². The molecular weight excluding hydrogens is 603 g/mol. The van der Waals surface area contributed by atoms with E-state index in [1.54, 1.807) is 31.8 Å². The van der Waals surface area contributed by atoms with Crippen LogP contribution in [0.3, 0.4) is 0 Å². The summed E-state index contributed by atoms with van der Waals surface area (Å²) in [5.41, 5.74) is 5.25. The monoisotopic (exact) mass is 623 g/mol. The number of pyridine rings is 1. The zero-order chi connectivity index (χ0) is 22.5. The van der Waals surface area contributed by atoms with Gasteiger partial charge in [-0.3, -0.25) is 9.97 Å². The summed E-state index contributed by atoms with van der Waals surface area (Å²) in [6, 6.07) is 34.6. The fourth-order valence-electron chi connectivity index (χ4n) is 3.55. The molecule has 0 aliphatic rings. The minimum Gasteiger partial charge on any atom is -0.497 e. The quantitative estimate of drug-likeness (QED) is 0.209. The fourth-order valence-corrected chi connectivity index (χ4v) is 3.55. The van der Waals surface area contributed by atoms with Gasteiger partial charge in [-0.05, 0) is 53.5 Å². The number of aromatic nitrogens is 3. The second-order valence-electron chi connectivity index (χ2n) is 7.22. The first kappa shape index (κ1) is 23.3. The maximum absolute atomic E-state index is 5.36. The predicted octanol–water partition coefficient (Wildman–Crippen LogP) is 6.28. The minimum atomic E-state index is 0. The molecule has 2 heterocycles. The van der Waals surface area contributed by atoms with Crippen molar-refractivity contribution in [1.82, 2.24) is 15.0 Å².